The van der Waals surface area contributed by atoms with Crippen LogP contribution < -0.4 is 15.5 Å². The number of imidazole rings is 1. The molecule has 0 radical (unpaired) electrons. The third kappa shape index (κ3) is 4.83. The highest BCUT2D eigenvalue weighted by molar-refractivity contribution is 6.31. The van der Waals surface area contributed by atoms with Crippen LogP contribution >= 0.6 is 11.6 Å². The number of halogens is 1. The average Bonchev–Trinajstić information content (AvgIpc) is 3.67. The molecule has 2 aromatic heterocycles. The molecule has 2 aliphatic rings. The maximum Gasteiger partial charge on any atom is 0.422 e. The predicted octanol–water partition coefficient (Wildman–Crippen LogP) is 3.63. The van der Waals surface area contributed by atoms with Crippen molar-refractivity contribution >= 4 is 35.2 Å². The molecule has 2 aliphatic heterocycles. The minimum absolute atomic E-state index is 0.158. The Morgan fingerprint density at radius 2 is 2.00 bits per heavy atom. The van der Waals surface area contributed by atoms with Gasteiger partial charge in [-0.25, -0.2) is 19.7 Å². The average molecular weight is 557 g/mol. The minimum atomic E-state index is -1.07. The van der Waals surface area contributed by atoms with E-state index >= 15 is 0 Å². The van der Waals surface area contributed by atoms with E-state index in [-0.39, 0.29) is 12.0 Å². The van der Waals surface area contributed by atoms with E-state index in [1.807, 2.05) is 30.3 Å². The predicted molar refractivity (Wildman–Crippen MR) is 147 cm³/mol. The molecule has 10 nitrogen and oxygen atoms in total. The summed E-state index contributed by atoms with van der Waals surface area (Å²) in [6.07, 6.45) is 6.33. The summed E-state index contributed by atoms with van der Waals surface area (Å²) in [5.74, 6) is -0.528. The Bertz CT molecular complexity index is 1550. The van der Waals surface area contributed by atoms with Gasteiger partial charge >= 0.3 is 6.09 Å². The van der Waals surface area contributed by atoms with Crippen molar-refractivity contribution in [1.29, 1.82) is 0 Å². The second-order valence-corrected chi connectivity index (χ2v) is 10.2. The molecule has 4 heterocycles. The number of carbonyl (C=O) groups is 3. The summed E-state index contributed by atoms with van der Waals surface area (Å²) in [5.41, 5.74) is 1.22. The lowest BCUT2D eigenvalue weighted by atomic mass is 9.89. The van der Waals surface area contributed by atoms with Gasteiger partial charge in [-0.2, -0.15) is 0 Å². The van der Waals surface area contributed by atoms with Crippen molar-refractivity contribution in [1.82, 2.24) is 25.2 Å². The molecule has 40 heavy (non-hydrogen) atoms. The van der Waals surface area contributed by atoms with Crippen LogP contribution in [0.25, 0.3) is 5.82 Å². The number of ether oxygens (including phenoxy) is 1. The maximum absolute atomic E-state index is 14.1. The zero-order valence-corrected chi connectivity index (χ0v) is 22.0. The van der Waals surface area contributed by atoms with Gasteiger partial charge in [0.15, 0.2) is 5.60 Å². The van der Waals surface area contributed by atoms with Gasteiger partial charge in [0.05, 0.1) is 11.3 Å². The van der Waals surface area contributed by atoms with Gasteiger partial charge in [0.2, 0.25) is 0 Å². The van der Waals surface area contributed by atoms with Gasteiger partial charge in [-0.1, -0.05) is 41.9 Å². The molecule has 2 atom stereocenters. The molecule has 1 spiro atoms. The second kappa shape index (κ2) is 10.6. The van der Waals surface area contributed by atoms with Gasteiger partial charge in [-0.3, -0.25) is 14.2 Å². The van der Waals surface area contributed by atoms with Gasteiger partial charge in [-0.05, 0) is 42.4 Å². The van der Waals surface area contributed by atoms with Crippen molar-refractivity contribution in [3.05, 3.63) is 107 Å². The number of nitrogens with one attached hydrogen (secondary N) is 2. The van der Waals surface area contributed by atoms with E-state index < -0.39 is 29.6 Å². The van der Waals surface area contributed by atoms with E-state index in [2.05, 4.69) is 20.6 Å². The monoisotopic (exact) mass is 556 g/mol. The number of amides is 3. The molecule has 4 aromatic rings. The molecule has 0 aliphatic carbocycles. The Morgan fingerprint density at radius 3 is 2.70 bits per heavy atom. The lowest BCUT2D eigenvalue weighted by molar-refractivity contribution is -0.120. The van der Waals surface area contributed by atoms with E-state index in [4.69, 9.17) is 16.3 Å². The number of anilines is 1. The molecular formula is C29H25ClN6O4. The maximum atomic E-state index is 14.1. The van der Waals surface area contributed by atoms with Crippen LogP contribution in [0.1, 0.15) is 27.9 Å². The number of hydrogen-bond acceptors (Lipinski definition) is 7. The van der Waals surface area contributed by atoms with E-state index in [0.717, 1.165) is 10.5 Å². The lowest BCUT2D eigenvalue weighted by Crippen LogP contribution is -2.56. The van der Waals surface area contributed by atoms with Gasteiger partial charge in [0, 0.05) is 48.6 Å². The van der Waals surface area contributed by atoms with Crippen LogP contribution in [0.3, 0.4) is 0 Å². The molecule has 11 heteroatoms. The van der Waals surface area contributed by atoms with Crippen LogP contribution in [0.4, 0.5) is 10.5 Å². The molecule has 1 unspecified atom stereocenters. The van der Waals surface area contributed by atoms with Crippen molar-refractivity contribution in [3.8, 4) is 5.82 Å². The molecular weight excluding hydrogens is 532 g/mol. The molecule has 1 saturated heterocycles. The van der Waals surface area contributed by atoms with Crippen molar-refractivity contribution < 1.29 is 19.1 Å². The number of carbonyl (C=O) groups excluding carboxylic acids is 3. The highest BCUT2D eigenvalue weighted by Gasteiger charge is 2.49. The third-order valence-corrected chi connectivity index (χ3v) is 7.39. The van der Waals surface area contributed by atoms with Crippen LogP contribution in [0.5, 0.6) is 0 Å². The first-order valence-electron chi connectivity index (χ1n) is 12.8. The standard InChI is InChI=1S/C29H25ClN6O4/c30-21-7-8-24-22(15-21)29(10-11-31-17-29)40-28(39)36(24)27(38)23(14-19-4-2-1-3-5-19)34-26(37)20-6-9-25(33-16-20)35-13-12-32-18-35/h1-9,12-13,15-16,18,23,31H,10-11,14,17H2,(H,34,37)/t23-,29?/m0/s1. The normalized spacial score (nSPS) is 18.7. The van der Waals surface area contributed by atoms with Crippen LogP contribution in [0, 0.1) is 0 Å². The number of fused-ring (bicyclic) bond motifs is 2. The molecule has 3 amide bonds. The summed E-state index contributed by atoms with van der Waals surface area (Å²) in [6, 6.07) is 16.5. The van der Waals surface area contributed by atoms with Crippen LogP contribution in [0.2, 0.25) is 5.02 Å². The van der Waals surface area contributed by atoms with Gasteiger partial charge in [0.25, 0.3) is 11.8 Å². The quantitative estimate of drug-likeness (QED) is 0.372. The van der Waals surface area contributed by atoms with Crippen LogP contribution in [-0.2, 0) is 21.6 Å². The molecule has 6 rings (SSSR count). The molecule has 0 bridgehead atoms. The summed E-state index contributed by atoms with van der Waals surface area (Å²) in [4.78, 5) is 50.1. The Kier molecular flexibility index (Phi) is 6.79. The van der Waals surface area contributed by atoms with Crippen molar-refractivity contribution in [2.45, 2.75) is 24.5 Å². The smallest absolute Gasteiger partial charge is 0.422 e. The molecule has 202 valence electrons. The number of benzene rings is 2. The van der Waals surface area contributed by atoms with Gasteiger partial charge in [0.1, 0.15) is 18.2 Å². The van der Waals surface area contributed by atoms with Crippen LogP contribution in [-0.4, -0.2) is 51.6 Å². The number of hydrogen-bond donors (Lipinski definition) is 2. The van der Waals surface area contributed by atoms with E-state index in [1.165, 1.54) is 6.20 Å². The fourth-order valence-electron chi connectivity index (χ4n) is 5.14. The van der Waals surface area contributed by atoms with Crippen molar-refractivity contribution in [2.75, 3.05) is 18.0 Å². The zero-order valence-electron chi connectivity index (χ0n) is 21.3. The summed E-state index contributed by atoms with van der Waals surface area (Å²) < 4.78 is 7.61. The third-order valence-electron chi connectivity index (χ3n) is 7.16. The van der Waals surface area contributed by atoms with Gasteiger partial charge in [-0.15, -0.1) is 0 Å². The SMILES string of the molecule is O=C(N[C@@H](Cc1ccccc1)C(=O)N1C(=O)OC2(CCNC2)c2cc(Cl)ccc21)c1ccc(-n2ccnc2)nc1. The van der Waals surface area contributed by atoms with Crippen molar-refractivity contribution in [2.24, 2.45) is 0 Å². The van der Waals surface area contributed by atoms with E-state index in [9.17, 15) is 14.4 Å². The minimum Gasteiger partial charge on any atom is -0.436 e. The summed E-state index contributed by atoms with van der Waals surface area (Å²) in [5, 5.41) is 6.52. The van der Waals surface area contributed by atoms with E-state index in [0.29, 0.717) is 41.6 Å². The highest BCUT2D eigenvalue weighted by Crippen LogP contribution is 2.44. The fraction of sp³-hybridized carbons (Fsp3) is 0.207. The molecule has 2 aromatic carbocycles. The summed E-state index contributed by atoms with van der Waals surface area (Å²) in [7, 11) is 0. The first-order valence-corrected chi connectivity index (χ1v) is 13.2. The molecule has 0 saturated carbocycles. The van der Waals surface area contributed by atoms with E-state index in [1.54, 1.807) is 53.6 Å². The zero-order chi connectivity index (χ0) is 27.7. The Balaban J connectivity index is 1.32. The largest absolute Gasteiger partial charge is 0.436 e. The first kappa shape index (κ1) is 25.7. The lowest BCUT2D eigenvalue weighted by Gasteiger charge is -2.40. The summed E-state index contributed by atoms with van der Waals surface area (Å²) >= 11 is 6.32. The second-order valence-electron chi connectivity index (χ2n) is 9.71. The fourth-order valence-corrected chi connectivity index (χ4v) is 5.32. The van der Waals surface area contributed by atoms with Crippen LogP contribution in [0.15, 0.2) is 85.6 Å². The van der Waals surface area contributed by atoms with Crippen molar-refractivity contribution in [3.63, 3.8) is 0 Å². The van der Waals surface area contributed by atoms with Gasteiger partial charge < -0.3 is 15.4 Å². The number of aromatic nitrogens is 3. The number of nitrogens with zero attached hydrogens (tertiary/aromatic N) is 4. The Labute approximate surface area is 234 Å². The number of rotatable bonds is 6. The molecule has 1 fully saturated rings. The number of pyridine rings is 1. The molecule has 2 N–H and O–H groups in total. The topological polar surface area (TPSA) is 118 Å². The Morgan fingerprint density at radius 1 is 1.15 bits per heavy atom. The summed E-state index contributed by atoms with van der Waals surface area (Å²) in [6.45, 7) is 1.08. The first-order chi connectivity index (χ1) is 19.4. The number of imide groups is 1. The Hall–Kier alpha value is -4.54. The highest BCUT2D eigenvalue weighted by atomic mass is 35.5.